The van der Waals surface area contributed by atoms with E-state index in [1.807, 2.05) is 41.1 Å². The Morgan fingerprint density at radius 1 is 1.12 bits per heavy atom. The van der Waals surface area contributed by atoms with Crippen molar-refractivity contribution in [3.05, 3.63) is 42.5 Å². The van der Waals surface area contributed by atoms with Gasteiger partial charge in [0.1, 0.15) is 0 Å². The highest BCUT2D eigenvalue weighted by Gasteiger charge is 2.26. The quantitative estimate of drug-likeness (QED) is 0.442. The Morgan fingerprint density at radius 2 is 1.82 bits per heavy atom. The summed E-state index contributed by atoms with van der Waals surface area (Å²) in [6.07, 6.45) is 7.48. The number of carbonyl (C=O) groups is 3. The second-order valence-corrected chi connectivity index (χ2v) is 9.76. The van der Waals surface area contributed by atoms with Crippen LogP contribution in [0.2, 0.25) is 0 Å². The van der Waals surface area contributed by atoms with Gasteiger partial charge in [0.15, 0.2) is 0 Å². The third-order valence-electron chi connectivity index (χ3n) is 6.45. The first-order valence-corrected chi connectivity index (χ1v) is 12.8. The van der Waals surface area contributed by atoms with Crippen LogP contribution in [0.5, 0.6) is 0 Å². The van der Waals surface area contributed by atoms with Crippen LogP contribution in [0.3, 0.4) is 0 Å². The molecular weight excluding hydrogens is 436 g/mol. The van der Waals surface area contributed by atoms with Crippen LogP contribution in [0.4, 0.5) is 0 Å². The predicted molar refractivity (Wildman–Crippen MR) is 132 cm³/mol. The van der Waals surface area contributed by atoms with Crippen LogP contribution in [0.1, 0.15) is 42.5 Å². The van der Waals surface area contributed by atoms with Gasteiger partial charge in [0.25, 0.3) is 5.91 Å². The van der Waals surface area contributed by atoms with E-state index in [1.165, 1.54) is 31.0 Å². The molecule has 2 aliphatic rings. The van der Waals surface area contributed by atoms with Crippen molar-refractivity contribution in [2.75, 3.05) is 52.1 Å². The Kier molecular flexibility index (Phi) is 9.81. The fourth-order valence-electron chi connectivity index (χ4n) is 4.41. The van der Waals surface area contributed by atoms with Crippen molar-refractivity contribution >= 4 is 29.5 Å². The highest BCUT2D eigenvalue weighted by molar-refractivity contribution is 8.00. The highest BCUT2D eigenvalue weighted by Crippen LogP contribution is 2.26. The molecule has 3 amide bonds. The zero-order chi connectivity index (χ0) is 23.6. The van der Waals surface area contributed by atoms with Crippen molar-refractivity contribution in [3.8, 4) is 0 Å². The lowest BCUT2D eigenvalue weighted by Crippen LogP contribution is -2.51. The molecule has 0 aromatic heterocycles. The molecule has 2 fully saturated rings. The fourth-order valence-corrected chi connectivity index (χ4v) is 5.38. The third kappa shape index (κ3) is 7.33. The molecule has 1 aliphatic heterocycles. The Morgan fingerprint density at radius 3 is 2.52 bits per heavy atom. The van der Waals surface area contributed by atoms with Crippen LogP contribution in [-0.4, -0.2) is 90.5 Å². The molecule has 1 saturated heterocycles. The molecule has 1 heterocycles. The van der Waals surface area contributed by atoms with Crippen LogP contribution < -0.4 is 5.32 Å². The van der Waals surface area contributed by atoms with Gasteiger partial charge in [-0.3, -0.25) is 19.3 Å². The van der Waals surface area contributed by atoms with Gasteiger partial charge in [0.05, 0.1) is 17.9 Å². The van der Waals surface area contributed by atoms with Crippen molar-refractivity contribution in [2.45, 2.75) is 43.0 Å². The van der Waals surface area contributed by atoms with E-state index in [-0.39, 0.29) is 17.7 Å². The van der Waals surface area contributed by atoms with Gasteiger partial charge in [-0.2, -0.15) is 0 Å². The van der Waals surface area contributed by atoms with Crippen LogP contribution in [0.25, 0.3) is 0 Å². The Bertz CT molecular complexity index is 833. The van der Waals surface area contributed by atoms with Crippen molar-refractivity contribution < 1.29 is 14.4 Å². The summed E-state index contributed by atoms with van der Waals surface area (Å²) < 4.78 is 0. The minimum Gasteiger partial charge on any atom is -0.352 e. The monoisotopic (exact) mass is 472 g/mol. The molecule has 3 rings (SSSR count). The topological polar surface area (TPSA) is 73.0 Å². The molecule has 8 heteroatoms. The molecule has 0 spiro atoms. The van der Waals surface area contributed by atoms with Gasteiger partial charge in [-0.15, -0.1) is 18.3 Å². The summed E-state index contributed by atoms with van der Waals surface area (Å²) in [6.45, 7) is 6.88. The largest absolute Gasteiger partial charge is 0.352 e. The van der Waals surface area contributed by atoms with Gasteiger partial charge in [-0.1, -0.05) is 37.5 Å². The summed E-state index contributed by atoms with van der Waals surface area (Å²) >= 11 is 1.45. The lowest BCUT2D eigenvalue weighted by atomic mass is 9.94. The number of rotatable bonds is 9. The summed E-state index contributed by atoms with van der Waals surface area (Å²) in [4.78, 5) is 44.5. The van der Waals surface area contributed by atoms with E-state index in [0.29, 0.717) is 56.6 Å². The predicted octanol–water partition coefficient (Wildman–Crippen LogP) is 2.63. The summed E-state index contributed by atoms with van der Waals surface area (Å²) in [7, 11) is 1.91. The lowest BCUT2D eigenvalue weighted by Gasteiger charge is -2.34. The second kappa shape index (κ2) is 12.8. The van der Waals surface area contributed by atoms with E-state index in [4.69, 9.17) is 0 Å². The molecule has 1 aromatic rings. The number of amides is 3. The van der Waals surface area contributed by atoms with Gasteiger partial charge >= 0.3 is 0 Å². The number of carbonyl (C=O) groups excluding carboxylic acids is 3. The van der Waals surface area contributed by atoms with E-state index in [2.05, 4.69) is 16.8 Å². The van der Waals surface area contributed by atoms with E-state index < -0.39 is 0 Å². The lowest BCUT2D eigenvalue weighted by molar-refractivity contribution is -0.129. The molecular formula is C25H36N4O3S. The van der Waals surface area contributed by atoms with Crippen molar-refractivity contribution in [1.82, 2.24) is 20.0 Å². The first-order chi connectivity index (χ1) is 16.0. The van der Waals surface area contributed by atoms with E-state index in [1.54, 1.807) is 6.08 Å². The third-order valence-corrected chi connectivity index (χ3v) is 7.51. The van der Waals surface area contributed by atoms with E-state index in [0.717, 1.165) is 17.7 Å². The average Bonchev–Trinajstić information content (AvgIpc) is 2.86. The number of nitrogens with zero attached hydrogens (tertiary/aromatic N) is 3. The molecule has 180 valence electrons. The van der Waals surface area contributed by atoms with Crippen molar-refractivity contribution in [1.29, 1.82) is 0 Å². The van der Waals surface area contributed by atoms with Crippen LogP contribution in [0.15, 0.2) is 41.8 Å². The molecule has 0 atom stereocenters. The molecule has 1 saturated carbocycles. The summed E-state index contributed by atoms with van der Waals surface area (Å²) in [5.74, 6) is 0.420. The van der Waals surface area contributed by atoms with Crippen molar-refractivity contribution in [3.63, 3.8) is 0 Å². The first-order valence-electron chi connectivity index (χ1n) is 11.9. The molecule has 1 aliphatic carbocycles. The maximum Gasteiger partial charge on any atom is 0.255 e. The van der Waals surface area contributed by atoms with E-state index in [9.17, 15) is 14.4 Å². The van der Waals surface area contributed by atoms with Gasteiger partial charge in [0.2, 0.25) is 11.8 Å². The van der Waals surface area contributed by atoms with Crippen LogP contribution in [0, 0.1) is 0 Å². The molecule has 0 radical (unpaired) electrons. The number of hydrogen-bond donors (Lipinski definition) is 1. The van der Waals surface area contributed by atoms with Crippen molar-refractivity contribution in [2.24, 2.45) is 0 Å². The summed E-state index contributed by atoms with van der Waals surface area (Å²) in [5.41, 5.74) is 0.646. The molecule has 7 nitrogen and oxygen atoms in total. The standard InChI is InChI=1S/C25H36N4O3S/c1-3-13-26-23(30)18-28-14-16-29(17-15-28)25(32)21-11-7-8-12-22(21)33-19-24(31)27(2)20-9-5-4-6-10-20/h3,7-8,11-12,20H,1,4-6,9-10,13-19H2,2H3,(H,26,30). The number of benzene rings is 1. The molecule has 33 heavy (non-hydrogen) atoms. The number of nitrogens with one attached hydrogen (secondary N) is 1. The SMILES string of the molecule is C=CCNC(=O)CN1CCN(C(=O)c2ccccc2SCC(=O)N(C)C2CCCCC2)CC1. The number of thioether (sulfide) groups is 1. The van der Waals surface area contributed by atoms with E-state index >= 15 is 0 Å². The molecule has 0 unspecified atom stereocenters. The maximum atomic E-state index is 13.2. The Labute approximate surface area is 201 Å². The second-order valence-electron chi connectivity index (χ2n) is 8.74. The first kappa shape index (κ1) is 25.3. The van der Waals surface area contributed by atoms with Gasteiger partial charge in [-0.05, 0) is 25.0 Å². The average molecular weight is 473 g/mol. The maximum absolute atomic E-state index is 13.2. The van der Waals surface area contributed by atoms with Gasteiger partial charge in [-0.25, -0.2) is 0 Å². The Balaban J connectivity index is 1.52. The number of piperazine rings is 1. The Hall–Kier alpha value is -2.32. The van der Waals surface area contributed by atoms with Gasteiger partial charge in [0, 0.05) is 50.7 Å². The zero-order valence-corrected chi connectivity index (χ0v) is 20.4. The van der Waals surface area contributed by atoms with Gasteiger partial charge < -0.3 is 15.1 Å². The normalized spacial score (nSPS) is 17.4. The number of hydrogen-bond acceptors (Lipinski definition) is 5. The molecule has 0 bridgehead atoms. The zero-order valence-electron chi connectivity index (χ0n) is 19.6. The highest BCUT2D eigenvalue weighted by atomic mass is 32.2. The minimum absolute atomic E-state index is 0.0121. The molecule has 1 aromatic carbocycles. The van der Waals surface area contributed by atoms with Crippen LogP contribution >= 0.6 is 11.8 Å². The summed E-state index contributed by atoms with van der Waals surface area (Å²) in [6, 6.07) is 7.89. The molecule has 1 N–H and O–H groups in total. The smallest absolute Gasteiger partial charge is 0.255 e. The summed E-state index contributed by atoms with van der Waals surface area (Å²) in [5, 5.41) is 2.79. The van der Waals surface area contributed by atoms with Crippen LogP contribution in [-0.2, 0) is 9.59 Å². The fraction of sp³-hybridized carbons (Fsp3) is 0.560. The minimum atomic E-state index is -0.0284.